The predicted octanol–water partition coefficient (Wildman–Crippen LogP) is 2.72. The molecule has 1 aromatic carbocycles. The molecule has 0 unspecified atom stereocenters. The minimum atomic E-state index is 0.0265. The minimum Gasteiger partial charge on any atom is -0.472 e. The second kappa shape index (κ2) is 4.60. The van der Waals surface area contributed by atoms with Crippen LogP contribution in [0.25, 0.3) is 11.1 Å². The van der Waals surface area contributed by atoms with Crippen LogP contribution in [0.15, 0.2) is 35.1 Å². The number of anilines is 1. The molecule has 0 saturated heterocycles. The molecular formula is C12H12ClNO2. The molecule has 0 radical (unpaired) electrons. The molecule has 3 nitrogen and oxygen atoms in total. The Labute approximate surface area is 98.5 Å². The molecule has 1 heterocycles. The molecule has 0 bridgehead atoms. The Morgan fingerprint density at radius 1 is 1.31 bits per heavy atom. The number of rotatable bonds is 3. The van der Waals surface area contributed by atoms with Crippen molar-refractivity contribution in [2.24, 2.45) is 0 Å². The molecule has 16 heavy (non-hydrogen) atoms. The van der Waals surface area contributed by atoms with Crippen molar-refractivity contribution in [2.45, 2.75) is 6.42 Å². The van der Waals surface area contributed by atoms with E-state index in [0.29, 0.717) is 17.1 Å². The number of benzene rings is 1. The van der Waals surface area contributed by atoms with E-state index in [2.05, 4.69) is 0 Å². The van der Waals surface area contributed by atoms with Crippen molar-refractivity contribution in [1.82, 2.24) is 0 Å². The van der Waals surface area contributed by atoms with E-state index in [-0.39, 0.29) is 6.61 Å². The zero-order chi connectivity index (χ0) is 11.5. The zero-order valence-corrected chi connectivity index (χ0v) is 9.37. The molecule has 0 spiro atoms. The number of hydrogen-bond acceptors (Lipinski definition) is 3. The van der Waals surface area contributed by atoms with E-state index in [1.54, 1.807) is 18.6 Å². The summed E-state index contributed by atoms with van der Waals surface area (Å²) in [5.41, 5.74) is 9.19. The smallest absolute Gasteiger partial charge is 0.0981 e. The van der Waals surface area contributed by atoms with Crippen molar-refractivity contribution in [3.05, 3.63) is 41.3 Å². The van der Waals surface area contributed by atoms with Gasteiger partial charge in [0.15, 0.2) is 0 Å². The third kappa shape index (κ3) is 1.92. The van der Waals surface area contributed by atoms with Crippen LogP contribution in [0.4, 0.5) is 5.69 Å². The van der Waals surface area contributed by atoms with Crippen molar-refractivity contribution in [3.63, 3.8) is 0 Å². The highest BCUT2D eigenvalue weighted by atomic mass is 35.5. The fourth-order valence-electron chi connectivity index (χ4n) is 1.67. The van der Waals surface area contributed by atoms with E-state index in [1.807, 2.05) is 12.1 Å². The number of furan rings is 1. The molecule has 2 rings (SSSR count). The van der Waals surface area contributed by atoms with Gasteiger partial charge in [0.25, 0.3) is 0 Å². The number of hydrogen-bond donors (Lipinski definition) is 2. The summed E-state index contributed by atoms with van der Waals surface area (Å²) < 4.78 is 5.02. The summed E-state index contributed by atoms with van der Waals surface area (Å²) in [5.74, 6) is 0. The maximum atomic E-state index is 8.96. The maximum Gasteiger partial charge on any atom is 0.0981 e. The molecule has 0 saturated carbocycles. The largest absolute Gasteiger partial charge is 0.472 e. The summed E-state index contributed by atoms with van der Waals surface area (Å²) in [6.45, 7) is 0.0265. The van der Waals surface area contributed by atoms with Gasteiger partial charge in [0.1, 0.15) is 0 Å². The lowest BCUT2D eigenvalue weighted by Crippen LogP contribution is -2.00. The van der Waals surface area contributed by atoms with Crippen molar-refractivity contribution in [1.29, 1.82) is 0 Å². The van der Waals surface area contributed by atoms with Gasteiger partial charge < -0.3 is 15.3 Å². The first-order valence-electron chi connectivity index (χ1n) is 4.94. The van der Waals surface area contributed by atoms with E-state index >= 15 is 0 Å². The molecule has 3 N–H and O–H groups in total. The first-order valence-corrected chi connectivity index (χ1v) is 5.32. The molecule has 2 aromatic rings. The third-order valence-electron chi connectivity index (χ3n) is 2.49. The zero-order valence-electron chi connectivity index (χ0n) is 8.61. The van der Waals surface area contributed by atoms with E-state index in [0.717, 1.165) is 16.7 Å². The van der Waals surface area contributed by atoms with Crippen LogP contribution in [0.5, 0.6) is 0 Å². The van der Waals surface area contributed by atoms with Crippen molar-refractivity contribution < 1.29 is 9.52 Å². The Morgan fingerprint density at radius 3 is 2.75 bits per heavy atom. The Morgan fingerprint density at radius 2 is 2.12 bits per heavy atom. The second-order valence-electron chi connectivity index (χ2n) is 3.47. The van der Waals surface area contributed by atoms with Gasteiger partial charge in [0.05, 0.1) is 12.5 Å². The van der Waals surface area contributed by atoms with E-state index in [4.69, 9.17) is 26.9 Å². The lowest BCUT2D eigenvalue weighted by molar-refractivity contribution is 0.300. The normalized spacial score (nSPS) is 10.6. The molecule has 4 heteroatoms. The van der Waals surface area contributed by atoms with Crippen LogP contribution in [0.2, 0.25) is 5.02 Å². The Balaban J connectivity index is 2.52. The molecule has 1 aromatic heterocycles. The van der Waals surface area contributed by atoms with Gasteiger partial charge in [-0.2, -0.15) is 0 Å². The number of nitrogens with two attached hydrogens (primary N) is 1. The lowest BCUT2D eigenvalue weighted by Gasteiger charge is -2.10. The van der Waals surface area contributed by atoms with E-state index in [1.165, 1.54) is 0 Å². The molecule has 0 aliphatic carbocycles. The number of aliphatic hydroxyl groups is 1. The standard InChI is InChI=1S/C12H12ClNO2/c13-11-2-1-9(8-4-6-16-7-8)12(14)10(11)3-5-15/h1-2,4,6-7,15H,3,5,14H2. The summed E-state index contributed by atoms with van der Waals surface area (Å²) in [7, 11) is 0. The Kier molecular flexibility index (Phi) is 3.17. The van der Waals surface area contributed by atoms with E-state index in [9.17, 15) is 0 Å². The SMILES string of the molecule is Nc1c(-c2ccoc2)ccc(Cl)c1CCO. The minimum absolute atomic E-state index is 0.0265. The monoisotopic (exact) mass is 237 g/mol. The molecule has 0 aliphatic rings. The molecule has 0 amide bonds. The number of halogens is 1. The predicted molar refractivity (Wildman–Crippen MR) is 64.4 cm³/mol. The van der Waals surface area contributed by atoms with Gasteiger partial charge >= 0.3 is 0 Å². The third-order valence-corrected chi connectivity index (χ3v) is 2.85. The second-order valence-corrected chi connectivity index (χ2v) is 3.88. The van der Waals surface area contributed by atoms with Gasteiger partial charge in [-0.1, -0.05) is 17.7 Å². The Hall–Kier alpha value is -1.45. The summed E-state index contributed by atoms with van der Waals surface area (Å²) >= 11 is 6.03. The molecule has 0 fully saturated rings. The maximum absolute atomic E-state index is 8.96. The van der Waals surface area contributed by atoms with Gasteiger partial charge in [0, 0.05) is 28.4 Å². The average Bonchev–Trinajstić information content (AvgIpc) is 2.77. The molecule has 0 atom stereocenters. The van der Waals surface area contributed by atoms with Gasteiger partial charge in [-0.25, -0.2) is 0 Å². The molecular weight excluding hydrogens is 226 g/mol. The summed E-state index contributed by atoms with van der Waals surface area (Å²) in [6, 6.07) is 5.47. The fourth-order valence-corrected chi connectivity index (χ4v) is 1.93. The first-order chi connectivity index (χ1) is 7.74. The van der Waals surface area contributed by atoms with Crippen LogP contribution in [0, 0.1) is 0 Å². The molecule has 0 aliphatic heterocycles. The highest BCUT2D eigenvalue weighted by Crippen LogP contribution is 2.33. The van der Waals surface area contributed by atoms with Crippen LogP contribution < -0.4 is 5.73 Å². The van der Waals surface area contributed by atoms with Crippen LogP contribution in [-0.2, 0) is 6.42 Å². The number of aliphatic hydroxyl groups excluding tert-OH is 1. The van der Waals surface area contributed by atoms with Gasteiger partial charge in [-0.3, -0.25) is 0 Å². The summed E-state index contributed by atoms with van der Waals surface area (Å²) in [4.78, 5) is 0. The highest BCUT2D eigenvalue weighted by Gasteiger charge is 2.11. The van der Waals surface area contributed by atoms with Gasteiger partial charge in [0.2, 0.25) is 0 Å². The van der Waals surface area contributed by atoms with Crippen LogP contribution in [0.1, 0.15) is 5.56 Å². The number of nitrogen functional groups attached to an aromatic ring is 1. The Bertz CT molecular complexity index is 480. The molecule has 84 valence electrons. The van der Waals surface area contributed by atoms with Crippen molar-refractivity contribution >= 4 is 17.3 Å². The van der Waals surface area contributed by atoms with Crippen molar-refractivity contribution in [3.8, 4) is 11.1 Å². The quantitative estimate of drug-likeness (QED) is 0.807. The topological polar surface area (TPSA) is 59.4 Å². The first kappa shape index (κ1) is 11.0. The lowest BCUT2D eigenvalue weighted by atomic mass is 10.0. The van der Waals surface area contributed by atoms with E-state index < -0.39 is 0 Å². The summed E-state index contributed by atoms with van der Waals surface area (Å²) in [5, 5.41) is 9.54. The van der Waals surface area contributed by atoms with Crippen LogP contribution >= 0.6 is 11.6 Å². The fraction of sp³-hybridized carbons (Fsp3) is 0.167. The van der Waals surface area contributed by atoms with Crippen LogP contribution in [-0.4, -0.2) is 11.7 Å². The highest BCUT2D eigenvalue weighted by molar-refractivity contribution is 6.32. The van der Waals surface area contributed by atoms with Gasteiger partial charge in [-0.05, 0) is 24.1 Å². The average molecular weight is 238 g/mol. The van der Waals surface area contributed by atoms with Gasteiger partial charge in [-0.15, -0.1) is 0 Å². The summed E-state index contributed by atoms with van der Waals surface area (Å²) in [6.07, 6.45) is 3.67. The van der Waals surface area contributed by atoms with Crippen LogP contribution in [0.3, 0.4) is 0 Å². The van der Waals surface area contributed by atoms with Crippen molar-refractivity contribution in [2.75, 3.05) is 12.3 Å².